The zero-order valence-corrected chi connectivity index (χ0v) is 66.0. The number of hydrogen-bond acceptors (Lipinski definition) is 18. The Morgan fingerprint density at radius 1 is 0.210 bits per heavy atom. The van der Waals surface area contributed by atoms with Gasteiger partial charge in [-0.1, -0.05) is 205 Å². The van der Waals surface area contributed by atoms with Crippen LogP contribution in [0.4, 0.5) is 0 Å². The molecule has 0 saturated heterocycles. The Balaban J connectivity index is 0.000000577. The van der Waals surface area contributed by atoms with Gasteiger partial charge in [-0.15, -0.1) is 0 Å². The Morgan fingerprint density at radius 3 is 0.470 bits per heavy atom. The number of carbonyl (C=O) groups excluding carboxylic acids is 6. The first-order valence-corrected chi connectivity index (χ1v) is 32.2. The first-order valence-electron chi connectivity index (χ1n) is 27.5. The summed E-state index contributed by atoms with van der Waals surface area (Å²) < 4.78 is 5.15. The monoisotopic (exact) mass is 2000 g/mol. The van der Waals surface area contributed by atoms with Gasteiger partial charge in [0.05, 0.1) is 81.4 Å². The van der Waals surface area contributed by atoms with Gasteiger partial charge in [0.15, 0.2) is 0 Å². The minimum atomic E-state index is -1.15. The Hall–Kier alpha value is -7.48. The second kappa shape index (κ2) is 50.0. The minimum absolute atomic E-state index is 0. The van der Waals surface area contributed by atoms with Crippen molar-refractivity contribution < 1.29 is 151 Å². The zero-order chi connectivity index (χ0) is 69.8. The number of carboxylic acid groups (broad SMARTS) is 6. The van der Waals surface area contributed by atoms with Crippen LogP contribution < -0.4 is 30.6 Å². The van der Waals surface area contributed by atoms with E-state index in [1.165, 1.54) is 72.8 Å². The van der Waals surface area contributed by atoms with E-state index in [2.05, 4.69) is 125 Å². The second-order valence-electron chi connectivity index (χ2n) is 18.4. The van der Waals surface area contributed by atoms with E-state index in [0.717, 1.165) is 72.4 Å². The Bertz CT molecular complexity index is 3750. The maximum Gasteiger partial charge on any atom is 3.00 e. The number of carbonyl (C=O) groups is 6. The van der Waals surface area contributed by atoms with E-state index >= 15 is 0 Å². The molecule has 506 valence electrons. The van der Waals surface area contributed by atoms with Gasteiger partial charge in [0.2, 0.25) is 0 Å². The molecule has 0 aliphatic rings. The molecule has 6 heterocycles. The van der Waals surface area contributed by atoms with Gasteiger partial charge in [-0.05, 0) is 179 Å². The van der Waals surface area contributed by atoms with Gasteiger partial charge in [-0.25, -0.2) is 9.97 Å². The van der Waals surface area contributed by atoms with Gasteiger partial charge in [0.25, 0.3) is 0 Å². The normalized spacial score (nSPS) is 9.26. The van der Waals surface area contributed by atoms with Gasteiger partial charge in [0.1, 0.15) is 0 Å². The predicted molar refractivity (Wildman–Crippen MR) is 379 cm³/mol. The van der Waals surface area contributed by atoms with E-state index < -0.39 is 35.8 Å². The summed E-state index contributed by atoms with van der Waals surface area (Å²) in [5.41, 5.74) is 8.11. The van der Waals surface area contributed by atoms with Crippen molar-refractivity contribution in [3.05, 3.63) is 340 Å². The van der Waals surface area contributed by atoms with Crippen LogP contribution in [0.25, 0.3) is 45.6 Å². The molecule has 2 radical (unpaired) electrons. The van der Waals surface area contributed by atoms with Crippen LogP contribution in [0.3, 0.4) is 0 Å². The molecule has 0 bridgehead atoms. The van der Waals surface area contributed by atoms with Crippen LogP contribution in [-0.2, 0) is 0 Å². The van der Waals surface area contributed by atoms with Gasteiger partial charge >= 0.3 is 80.8 Å². The molecule has 0 aliphatic heterocycles. The molecular weight excluding hydrogens is 1950 g/mol. The maximum absolute atomic E-state index is 10.2. The number of benzene rings is 6. The summed E-state index contributed by atoms with van der Waals surface area (Å²) in [6.45, 7) is 0. The van der Waals surface area contributed by atoms with Crippen LogP contribution in [0.15, 0.2) is 306 Å². The van der Waals surface area contributed by atoms with Gasteiger partial charge in [-0.2, -0.15) is 0 Å². The average Bonchev–Trinajstić information content (AvgIpc) is 0.848. The number of aromatic carboxylic acids is 6. The van der Waals surface area contributed by atoms with Crippen LogP contribution in [0.5, 0.6) is 0 Å². The first-order chi connectivity index (χ1) is 46.1. The van der Waals surface area contributed by atoms with Gasteiger partial charge in [0, 0.05) is 51.6 Å². The minimum Gasteiger partial charge on any atom is -0.545 e. The molecule has 0 atom stereocenters. The predicted octanol–water partition coefficient (Wildman–Crippen LogP) is 9.64. The Morgan fingerprint density at radius 2 is 0.350 bits per heavy atom. The molecular formula is C72H50Br6N6O14Sm2. The van der Waals surface area contributed by atoms with E-state index in [0.29, 0.717) is 0 Å². The maximum atomic E-state index is 10.2. The molecule has 0 aliphatic carbocycles. The number of pyridine rings is 6. The van der Waals surface area contributed by atoms with E-state index in [1.54, 1.807) is 97.6 Å². The largest absolute Gasteiger partial charge is 3.00 e. The smallest absolute Gasteiger partial charge is 0.545 e. The van der Waals surface area contributed by atoms with Gasteiger partial charge in [-0.3, -0.25) is 19.9 Å². The van der Waals surface area contributed by atoms with Crippen LogP contribution >= 0.6 is 95.6 Å². The molecule has 12 aromatic rings. The third kappa shape index (κ3) is 34.7. The number of aromatic nitrogens is 6. The van der Waals surface area contributed by atoms with E-state index in [4.69, 9.17) is 0 Å². The first kappa shape index (κ1) is 90.5. The Labute approximate surface area is 689 Å². The van der Waals surface area contributed by atoms with E-state index in [1.807, 2.05) is 109 Å². The van der Waals surface area contributed by atoms with Crippen molar-refractivity contribution in [3.8, 4) is 45.6 Å². The summed E-state index contributed by atoms with van der Waals surface area (Å²) in [7, 11) is 0. The summed E-state index contributed by atoms with van der Waals surface area (Å²) in [5.74, 6) is -6.88. The van der Waals surface area contributed by atoms with Crippen LogP contribution in [-0.4, -0.2) is 76.7 Å². The Kier molecular flexibility index (Phi) is 45.2. The molecule has 100 heavy (non-hydrogen) atoms. The van der Waals surface area contributed by atoms with Crippen LogP contribution in [0, 0.1) is 80.8 Å². The fraction of sp³-hybridized carbons (Fsp3) is 0. The van der Waals surface area contributed by atoms with Crippen LogP contribution in [0.1, 0.15) is 62.1 Å². The number of nitrogens with zero attached hydrogens (tertiary/aromatic N) is 6. The van der Waals surface area contributed by atoms with Crippen molar-refractivity contribution in [3.63, 3.8) is 0 Å². The number of halogens is 6. The van der Waals surface area contributed by atoms with Crippen molar-refractivity contribution in [2.75, 3.05) is 0 Å². The number of rotatable bonds is 10. The summed E-state index contributed by atoms with van der Waals surface area (Å²) in [6, 6.07) is 72.7. The summed E-state index contributed by atoms with van der Waals surface area (Å²) in [6.07, 6.45) is 7.07. The average molecular weight is 2000 g/mol. The number of hydrogen-bond donors (Lipinski definition) is 0. The van der Waals surface area contributed by atoms with Crippen molar-refractivity contribution in [1.29, 1.82) is 0 Å². The van der Waals surface area contributed by atoms with E-state index in [-0.39, 0.29) is 125 Å². The molecule has 12 rings (SSSR count). The SMILES string of the molecule is O.O.O=C([O-])c1ccc(Br)cc1.O=C([O-])c1ccc(Br)cc1.O=C([O-])c1ccc(Br)cc1.O=C([O-])c1ccc(Br)cc1.O=C([O-])c1ccc(Br)cc1.O=C([O-])c1ccc(Br)cc1.[Sm+3].[Sm+3].c1ccc(-c2cccc(-c3ccccn3)n2)nc1.c1ccc(-c2cccc(-c3ccccn3)n2)nc1. The third-order valence-corrected chi connectivity index (χ3v) is 14.9. The molecule has 0 amide bonds. The third-order valence-electron chi connectivity index (χ3n) is 11.7. The summed E-state index contributed by atoms with van der Waals surface area (Å²) in [5, 5.41) is 61.1. The molecule has 6 aromatic heterocycles. The quantitative estimate of drug-likeness (QED) is 0.123. The van der Waals surface area contributed by atoms with Crippen molar-refractivity contribution in [2.45, 2.75) is 0 Å². The van der Waals surface area contributed by atoms with Crippen molar-refractivity contribution >= 4 is 131 Å². The summed E-state index contributed by atoms with van der Waals surface area (Å²) in [4.78, 5) is 87.5. The van der Waals surface area contributed by atoms with Crippen molar-refractivity contribution in [1.82, 2.24) is 29.9 Å². The molecule has 0 unspecified atom stereocenters. The standard InChI is InChI=1S/2C15H11N3.6C7H5BrO2.2H2O.2Sm/c2*1-3-10-16-12(6-1)14-8-5-9-15(18-14)13-7-2-4-11-17-13;6*8-6-3-1-5(2-4-6)7(9)10;;;;/h2*1-11H;6*1-4H,(H,9,10);2*1H2;;/q;;;;;;;;;;2*+3/p-6. The van der Waals surface area contributed by atoms with Crippen LogP contribution in [0.2, 0.25) is 0 Å². The fourth-order valence-corrected chi connectivity index (χ4v) is 8.60. The molecule has 0 fully saturated rings. The molecule has 28 heteroatoms. The molecule has 0 spiro atoms. The van der Waals surface area contributed by atoms with E-state index in [9.17, 15) is 59.4 Å². The zero-order valence-electron chi connectivity index (χ0n) is 51.2. The molecule has 0 saturated carbocycles. The van der Waals surface area contributed by atoms with Crippen molar-refractivity contribution in [2.24, 2.45) is 0 Å². The number of carboxylic acids is 6. The molecule has 4 N–H and O–H groups in total. The summed E-state index contributed by atoms with van der Waals surface area (Å²) >= 11 is 19.1. The molecule has 6 aromatic carbocycles. The topological polar surface area (TPSA) is 381 Å². The second-order valence-corrected chi connectivity index (χ2v) is 23.9. The fourth-order valence-electron chi connectivity index (χ4n) is 7.01. The molecule has 20 nitrogen and oxygen atoms in total. The van der Waals surface area contributed by atoms with Gasteiger partial charge < -0.3 is 70.4 Å².